The van der Waals surface area contributed by atoms with E-state index in [-0.39, 0.29) is 12.1 Å². The summed E-state index contributed by atoms with van der Waals surface area (Å²) in [5.41, 5.74) is -1.31. The quantitative estimate of drug-likeness (QED) is 0.441. The van der Waals surface area contributed by atoms with Gasteiger partial charge in [0.2, 0.25) is 0 Å². The van der Waals surface area contributed by atoms with E-state index < -0.39 is 41.7 Å². The minimum atomic E-state index is -4.96. The molecule has 10 heteroatoms. The second-order valence-corrected chi connectivity index (χ2v) is 7.89. The Labute approximate surface area is 176 Å². The molecule has 3 nitrogen and oxygen atoms in total. The topological polar surface area (TPSA) is 29.5 Å². The van der Waals surface area contributed by atoms with E-state index in [1.807, 2.05) is 18.2 Å². The summed E-state index contributed by atoms with van der Waals surface area (Å²) in [7, 11) is 1.48. The average Bonchev–Trinajstić information content (AvgIpc) is 3.06. The fourth-order valence-electron chi connectivity index (χ4n) is 3.44. The lowest BCUT2D eigenvalue weighted by Crippen LogP contribution is -2.30. The second-order valence-electron chi connectivity index (χ2n) is 6.98. The average molecular weight is 496 g/mol. The van der Waals surface area contributed by atoms with E-state index in [1.54, 1.807) is 0 Å². The number of alkyl halides is 6. The molecule has 1 aliphatic rings. The number of ether oxygens (including phenoxy) is 1. The molecule has 0 heterocycles. The molecule has 0 aliphatic heterocycles. The van der Waals surface area contributed by atoms with Crippen LogP contribution in [0.4, 0.5) is 31.1 Å². The van der Waals surface area contributed by atoms with Crippen LogP contribution >= 0.6 is 15.9 Å². The summed E-state index contributed by atoms with van der Waals surface area (Å²) in [5, 5.41) is 0. The second kappa shape index (κ2) is 8.13. The van der Waals surface area contributed by atoms with Crippen molar-refractivity contribution in [2.24, 2.45) is 0 Å². The van der Waals surface area contributed by atoms with Gasteiger partial charge in [-0.3, -0.25) is 0 Å². The SMILES string of the molecule is CN(C(=O)OCc1cc(C(F)(F)F)cc(C(F)(F)F)c1)C1CCc2cc(Br)ccc21. The van der Waals surface area contributed by atoms with E-state index in [2.05, 4.69) is 15.9 Å². The number of aryl methyl sites for hydroxylation is 1. The Morgan fingerprint density at radius 3 is 2.23 bits per heavy atom. The molecule has 0 spiro atoms. The van der Waals surface area contributed by atoms with Crippen molar-refractivity contribution in [1.82, 2.24) is 4.90 Å². The van der Waals surface area contributed by atoms with Crippen molar-refractivity contribution >= 4 is 22.0 Å². The third kappa shape index (κ3) is 4.91. The van der Waals surface area contributed by atoms with Crippen LogP contribution in [0.15, 0.2) is 40.9 Å². The first kappa shape index (κ1) is 22.5. The van der Waals surface area contributed by atoms with Crippen LogP contribution in [0.1, 0.15) is 40.3 Å². The maximum Gasteiger partial charge on any atom is 0.416 e. The van der Waals surface area contributed by atoms with Crippen LogP contribution < -0.4 is 0 Å². The molecule has 0 saturated carbocycles. The molecule has 2 aromatic rings. The summed E-state index contributed by atoms with van der Waals surface area (Å²) in [6.07, 6.45) is -9.38. The highest BCUT2D eigenvalue weighted by atomic mass is 79.9. The molecule has 3 rings (SSSR count). The van der Waals surface area contributed by atoms with Crippen LogP contribution in [-0.2, 0) is 30.1 Å². The molecule has 0 aromatic heterocycles. The Kier molecular flexibility index (Phi) is 6.08. The Morgan fingerprint density at radius 1 is 1.07 bits per heavy atom. The highest BCUT2D eigenvalue weighted by molar-refractivity contribution is 9.10. The van der Waals surface area contributed by atoms with Crippen molar-refractivity contribution in [2.45, 2.75) is 37.8 Å². The molecule has 1 amide bonds. The minimum absolute atomic E-state index is 0.0328. The van der Waals surface area contributed by atoms with Gasteiger partial charge in [-0.25, -0.2) is 4.79 Å². The van der Waals surface area contributed by atoms with Gasteiger partial charge in [-0.1, -0.05) is 22.0 Å². The number of halogens is 7. The van der Waals surface area contributed by atoms with Crippen LogP contribution in [0.5, 0.6) is 0 Å². The first-order chi connectivity index (χ1) is 13.9. The first-order valence-electron chi connectivity index (χ1n) is 8.82. The fraction of sp³-hybridized carbons (Fsp3) is 0.350. The highest BCUT2D eigenvalue weighted by Gasteiger charge is 2.37. The van der Waals surface area contributed by atoms with E-state index in [0.29, 0.717) is 18.6 Å². The lowest BCUT2D eigenvalue weighted by atomic mass is 10.1. The summed E-state index contributed by atoms with van der Waals surface area (Å²) in [6, 6.07) is 6.48. The third-order valence-corrected chi connectivity index (χ3v) is 5.41. The molecule has 0 saturated heterocycles. The van der Waals surface area contributed by atoms with Crippen molar-refractivity contribution in [2.75, 3.05) is 7.05 Å². The summed E-state index contributed by atoms with van der Waals surface area (Å²) < 4.78 is 83.6. The summed E-state index contributed by atoms with van der Waals surface area (Å²) in [4.78, 5) is 13.7. The van der Waals surface area contributed by atoms with Gasteiger partial charge in [-0.15, -0.1) is 0 Å². The van der Waals surface area contributed by atoms with Crippen LogP contribution in [0.3, 0.4) is 0 Å². The lowest BCUT2D eigenvalue weighted by Gasteiger charge is -2.25. The van der Waals surface area contributed by atoms with Gasteiger partial charge >= 0.3 is 18.4 Å². The fourth-order valence-corrected chi connectivity index (χ4v) is 3.85. The van der Waals surface area contributed by atoms with Gasteiger partial charge in [0.1, 0.15) is 6.61 Å². The number of carbonyl (C=O) groups excluding carboxylic acids is 1. The molecule has 2 aromatic carbocycles. The zero-order valence-corrected chi connectivity index (χ0v) is 17.2. The summed E-state index contributed by atoms with van der Waals surface area (Å²) in [5.74, 6) is 0. The highest BCUT2D eigenvalue weighted by Crippen LogP contribution is 2.38. The van der Waals surface area contributed by atoms with Gasteiger partial charge in [0.25, 0.3) is 0 Å². The molecular formula is C20H16BrF6NO2. The number of amides is 1. The molecule has 0 bridgehead atoms. The minimum Gasteiger partial charge on any atom is -0.445 e. The maximum atomic E-state index is 12.9. The zero-order valence-electron chi connectivity index (χ0n) is 15.6. The van der Waals surface area contributed by atoms with Crippen LogP contribution in [0, 0.1) is 0 Å². The third-order valence-electron chi connectivity index (χ3n) is 4.92. The Hall–Kier alpha value is -2.23. The van der Waals surface area contributed by atoms with E-state index in [9.17, 15) is 31.1 Å². The number of nitrogens with zero attached hydrogens (tertiary/aromatic N) is 1. The molecule has 1 aliphatic carbocycles. The van der Waals surface area contributed by atoms with Gasteiger partial charge in [0.05, 0.1) is 17.2 Å². The smallest absolute Gasteiger partial charge is 0.416 e. The van der Waals surface area contributed by atoms with E-state index in [0.717, 1.165) is 22.0 Å². The Balaban J connectivity index is 1.75. The van der Waals surface area contributed by atoms with Gasteiger partial charge in [0, 0.05) is 11.5 Å². The van der Waals surface area contributed by atoms with E-state index in [4.69, 9.17) is 4.74 Å². The largest absolute Gasteiger partial charge is 0.445 e. The maximum absolute atomic E-state index is 12.9. The predicted molar refractivity (Wildman–Crippen MR) is 99.6 cm³/mol. The van der Waals surface area contributed by atoms with E-state index >= 15 is 0 Å². The molecular weight excluding hydrogens is 480 g/mol. The summed E-state index contributed by atoms with van der Waals surface area (Å²) in [6.45, 7) is -0.712. The standard InChI is InChI=1S/C20H16BrF6NO2/c1-28(17-5-2-12-8-15(21)3-4-16(12)17)18(29)30-10-11-6-13(19(22,23)24)9-14(7-11)20(25,26)27/h3-4,6-9,17H,2,5,10H2,1H3. The van der Waals surface area contributed by atoms with Gasteiger partial charge in [0.15, 0.2) is 0 Å². The summed E-state index contributed by atoms with van der Waals surface area (Å²) >= 11 is 3.38. The number of fused-ring (bicyclic) bond motifs is 1. The van der Waals surface area contributed by atoms with E-state index in [1.165, 1.54) is 11.9 Å². The normalized spacial score (nSPS) is 16.3. The monoisotopic (exact) mass is 495 g/mol. The van der Waals surface area contributed by atoms with Crippen molar-refractivity contribution in [1.29, 1.82) is 0 Å². The van der Waals surface area contributed by atoms with Gasteiger partial charge in [-0.2, -0.15) is 26.3 Å². The molecule has 30 heavy (non-hydrogen) atoms. The first-order valence-corrected chi connectivity index (χ1v) is 9.62. The van der Waals surface area contributed by atoms with Gasteiger partial charge < -0.3 is 9.64 Å². The molecule has 162 valence electrons. The van der Waals surface area contributed by atoms with Crippen LogP contribution in [-0.4, -0.2) is 18.0 Å². The molecule has 0 radical (unpaired) electrons. The Morgan fingerprint density at radius 2 is 1.67 bits per heavy atom. The van der Waals surface area contributed by atoms with Crippen LogP contribution in [0.2, 0.25) is 0 Å². The molecule has 0 N–H and O–H groups in total. The lowest BCUT2D eigenvalue weighted by molar-refractivity contribution is -0.143. The number of hydrogen-bond donors (Lipinski definition) is 0. The van der Waals surface area contributed by atoms with Crippen molar-refractivity contribution < 1.29 is 35.9 Å². The molecule has 1 unspecified atom stereocenters. The van der Waals surface area contributed by atoms with Crippen molar-refractivity contribution in [3.63, 3.8) is 0 Å². The number of hydrogen-bond acceptors (Lipinski definition) is 2. The number of rotatable bonds is 3. The predicted octanol–water partition coefficient (Wildman–Crippen LogP) is 6.74. The van der Waals surface area contributed by atoms with Gasteiger partial charge in [-0.05, 0) is 59.9 Å². The Bertz CT molecular complexity index is 925. The number of benzene rings is 2. The van der Waals surface area contributed by atoms with Crippen molar-refractivity contribution in [3.8, 4) is 0 Å². The van der Waals surface area contributed by atoms with Crippen molar-refractivity contribution in [3.05, 3.63) is 68.7 Å². The van der Waals surface area contributed by atoms with Crippen LogP contribution in [0.25, 0.3) is 0 Å². The number of carbonyl (C=O) groups is 1. The molecule has 0 fully saturated rings. The molecule has 1 atom stereocenters. The zero-order chi connectivity index (χ0) is 22.3.